The first-order chi connectivity index (χ1) is 10.3. The van der Waals surface area contributed by atoms with Crippen LogP contribution in [0.3, 0.4) is 0 Å². The lowest BCUT2D eigenvalue weighted by Gasteiger charge is -2.24. The van der Waals surface area contributed by atoms with Crippen LogP contribution in [0.5, 0.6) is 0 Å². The van der Waals surface area contributed by atoms with Gasteiger partial charge in [0.15, 0.2) is 8.32 Å². The molecule has 116 valence electrons. The van der Waals surface area contributed by atoms with Gasteiger partial charge in [-0.25, -0.2) is 0 Å². The molecule has 1 atom stereocenters. The molecule has 0 aromatic heterocycles. The van der Waals surface area contributed by atoms with Crippen LogP contribution < -0.4 is 0 Å². The first-order valence-electron chi connectivity index (χ1n) is 7.83. The SMILES string of the molecule is Cc1ccc(/C=C/C(O[Si](C)(C)C)c2ccc(C)cc2)cc1. The molecule has 1 nitrogen and oxygen atoms in total. The molecule has 0 fully saturated rings. The highest BCUT2D eigenvalue weighted by molar-refractivity contribution is 6.69. The summed E-state index contributed by atoms with van der Waals surface area (Å²) in [5.74, 6) is 0. The minimum atomic E-state index is -1.62. The molecule has 0 saturated heterocycles. The maximum absolute atomic E-state index is 6.36. The van der Waals surface area contributed by atoms with Gasteiger partial charge >= 0.3 is 0 Å². The van der Waals surface area contributed by atoms with E-state index in [1.54, 1.807) is 0 Å². The van der Waals surface area contributed by atoms with Crippen LogP contribution in [0.15, 0.2) is 54.6 Å². The van der Waals surface area contributed by atoms with Gasteiger partial charge < -0.3 is 4.43 Å². The molecule has 0 aliphatic rings. The van der Waals surface area contributed by atoms with E-state index in [1.165, 1.54) is 22.3 Å². The van der Waals surface area contributed by atoms with Crippen molar-refractivity contribution in [2.24, 2.45) is 0 Å². The number of benzene rings is 2. The Hall–Kier alpha value is -1.64. The van der Waals surface area contributed by atoms with Crippen molar-refractivity contribution in [2.45, 2.75) is 39.6 Å². The van der Waals surface area contributed by atoms with E-state index in [0.29, 0.717) is 0 Å². The lowest BCUT2D eigenvalue weighted by molar-refractivity contribution is 0.249. The highest BCUT2D eigenvalue weighted by Crippen LogP contribution is 2.25. The van der Waals surface area contributed by atoms with Gasteiger partial charge in [0.1, 0.15) is 0 Å². The summed E-state index contributed by atoms with van der Waals surface area (Å²) in [6.07, 6.45) is 4.35. The van der Waals surface area contributed by atoms with E-state index in [1.807, 2.05) is 0 Å². The molecular weight excluding hydrogens is 284 g/mol. The largest absolute Gasteiger partial charge is 0.407 e. The average molecular weight is 311 g/mol. The summed E-state index contributed by atoms with van der Waals surface area (Å²) in [5.41, 5.74) is 4.99. The smallest absolute Gasteiger partial charge is 0.185 e. The van der Waals surface area contributed by atoms with Gasteiger partial charge in [0, 0.05) is 0 Å². The summed E-state index contributed by atoms with van der Waals surface area (Å²) in [5, 5.41) is 0. The van der Waals surface area contributed by atoms with Crippen molar-refractivity contribution in [3.63, 3.8) is 0 Å². The molecule has 0 aliphatic carbocycles. The maximum Gasteiger partial charge on any atom is 0.185 e. The third-order valence-electron chi connectivity index (χ3n) is 3.43. The molecule has 2 rings (SSSR count). The number of aryl methyl sites for hydroxylation is 2. The van der Waals surface area contributed by atoms with Crippen LogP contribution in [0.2, 0.25) is 19.6 Å². The Bertz CT molecular complexity index is 618. The van der Waals surface area contributed by atoms with E-state index in [2.05, 4.69) is 94.2 Å². The van der Waals surface area contributed by atoms with Crippen molar-refractivity contribution < 1.29 is 4.43 Å². The Labute approximate surface area is 135 Å². The molecule has 0 N–H and O–H groups in total. The Morgan fingerprint density at radius 1 is 0.818 bits per heavy atom. The molecule has 0 saturated carbocycles. The van der Waals surface area contributed by atoms with E-state index >= 15 is 0 Å². The molecule has 0 bridgehead atoms. The molecule has 2 heteroatoms. The molecule has 1 unspecified atom stereocenters. The third kappa shape index (κ3) is 5.28. The van der Waals surface area contributed by atoms with E-state index in [9.17, 15) is 0 Å². The van der Waals surface area contributed by atoms with Crippen LogP contribution in [-0.2, 0) is 4.43 Å². The standard InChI is InChI=1S/C20H26OSi/c1-16-6-10-18(11-7-16)12-15-20(21-22(3,4)5)19-13-8-17(2)9-14-19/h6-15,20H,1-5H3/b15-12+. The monoisotopic (exact) mass is 310 g/mol. The minimum absolute atomic E-state index is 0.0218. The first kappa shape index (κ1) is 16.7. The fraction of sp³-hybridized carbons (Fsp3) is 0.300. The molecule has 0 amide bonds. The summed E-state index contributed by atoms with van der Waals surface area (Å²) in [4.78, 5) is 0. The zero-order valence-corrected chi connectivity index (χ0v) is 15.3. The zero-order chi connectivity index (χ0) is 16.2. The van der Waals surface area contributed by atoms with Crippen LogP contribution >= 0.6 is 0 Å². The molecule has 0 aliphatic heterocycles. The summed E-state index contributed by atoms with van der Waals surface area (Å²) >= 11 is 0. The molecular formula is C20H26OSi. The molecule has 0 radical (unpaired) electrons. The van der Waals surface area contributed by atoms with E-state index < -0.39 is 8.32 Å². The molecule has 2 aromatic carbocycles. The molecule has 2 aromatic rings. The van der Waals surface area contributed by atoms with Gasteiger partial charge in [0.05, 0.1) is 6.10 Å². The lowest BCUT2D eigenvalue weighted by atomic mass is 10.1. The van der Waals surface area contributed by atoms with Gasteiger partial charge in [-0.15, -0.1) is 0 Å². The van der Waals surface area contributed by atoms with Crippen molar-refractivity contribution in [3.05, 3.63) is 76.9 Å². The fourth-order valence-electron chi connectivity index (χ4n) is 2.23. The van der Waals surface area contributed by atoms with Crippen LogP contribution in [0, 0.1) is 13.8 Å². The van der Waals surface area contributed by atoms with Crippen LogP contribution in [0.25, 0.3) is 6.08 Å². The van der Waals surface area contributed by atoms with Crippen molar-refractivity contribution in [2.75, 3.05) is 0 Å². The van der Waals surface area contributed by atoms with Crippen LogP contribution in [-0.4, -0.2) is 8.32 Å². The number of rotatable bonds is 5. The highest BCUT2D eigenvalue weighted by Gasteiger charge is 2.20. The van der Waals surface area contributed by atoms with E-state index in [4.69, 9.17) is 4.43 Å². The van der Waals surface area contributed by atoms with Crippen LogP contribution in [0.1, 0.15) is 28.4 Å². The van der Waals surface area contributed by atoms with Crippen LogP contribution in [0.4, 0.5) is 0 Å². The lowest BCUT2D eigenvalue weighted by Crippen LogP contribution is -2.27. The Balaban J connectivity index is 2.24. The summed E-state index contributed by atoms with van der Waals surface area (Å²) in [7, 11) is -1.62. The predicted octanol–water partition coefficient (Wildman–Crippen LogP) is 5.91. The number of hydrogen-bond acceptors (Lipinski definition) is 1. The van der Waals surface area contributed by atoms with E-state index in [0.717, 1.165) is 0 Å². The van der Waals surface area contributed by atoms with Gasteiger partial charge in [0.2, 0.25) is 0 Å². The first-order valence-corrected chi connectivity index (χ1v) is 11.2. The summed E-state index contributed by atoms with van der Waals surface area (Å²) < 4.78 is 6.36. The van der Waals surface area contributed by atoms with E-state index in [-0.39, 0.29) is 6.10 Å². The second-order valence-corrected chi connectivity index (χ2v) is 11.3. The number of hydrogen-bond donors (Lipinski definition) is 0. The second-order valence-electron chi connectivity index (χ2n) is 6.83. The van der Waals surface area contributed by atoms with Gasteiger partial charge in [0.25, 0.3) is 0 Å². The third-order valence-corrected chi connectivity index (χ3v) is 4.39. The van der Waals surface area contributed by atoms with Gasteiger partial charge in [-0.3, -0.25) is 0 Å². The Morgan fingerprint density at radius 2 is 1.32 bits per heavy atom. The molecule has 22 heavy (non-hydrogen) atoms. The summed E-state index contributed by atoms with van der Waals surface area (Å²) in [6.45, 7) is 10.9. The predicted molar refractivity (Wildman–Crippen MR) is 98.6 cm³/mol. The molecule has 0 heterocycles. The second kappa shape index (κ2) is 7.08. The molecule has 0 spiro atoms. The average Bonchev–Trinajstić information content (AvgIpc) is 2.45. The fourth-order valence-corrected chi connectivity index (χ4v) is 3.21. The normalized spacial score (nSPS) is 13.5. The van der Waals surface area contributed by atoms with Crippen molar-refractivity contribution in [3.8, 4) is 0 Å². The van der Waals surface area contributed by atoms with Gasteiger partial charge in [-0.2, -0.15) is 0 Å². The topological polar surface area (TPSA) is 9.23 Å². The Kier molecular flexibility index (Phi) is 5.38. The highest BCUT2D eigenvalue weighted by atomic mass is 28.4. The van der Waals surface area contributed by atoms with Gasteiger partial charge in [-0.05, 0) is 44.6 Å². The quantitative estimate of drug-likeness (QED) is 0.624. The minimum Gasteiger partial charge on any atom is -0.407 e. The Morgan fingerprint density at radius 3 is 1.82 bits per heavy atom. The summed E-state index contributed by atoms with van der Waals surface area (Å²) in [6, 6.07) is 17.2. The van der Waals surface area contributed by atoms with Crippen molar-refractivity contribution in [1.82, 2.24) is 0 Å². The van der Waals surface area contributed by atoms with Gasteiger partial charge in [-0.1, -0.05) is 71.8 Å². The van der Waals surface area contributed by atoms with Crippen molar-refractivity contribution in [1.29, 1.82) is 0 Å². The maximum atomic E-state index is 6.36. The zero-order valence-electron chi connectivity index (χ0n) is 14.3. The van der Waals surface area contributed by atoms with Crippen molar-refractivity contribution >= 4 is 14.4 Å².